The molecule has 0 bridgehead atoms. The fourth-order valence-electron chi connectivity index (χ4n) is 11.6. The third-order valence-corrected chi connectivity index (χ3v) is 14.5. The molecule has 5 aliphatic rings. The molecule has 0 aliphatic heterocycles. The number of hydrogen-bond acceptors (Lipinski definition) is 5. The van der Waals surface area contributed by atoms with Crippen molar-refractivity contribution in [3.8, 4) is 5.75 Å². The van der Waals surface area contributed by atoms with Gasteiger partial charge in [0.1, 0.15) is 11.9 Å². The zero-order valence-corrected chi connectivity index (χ0v) is 28.1. The van der Waals surface area contributed by atoms with Gasteiger partial charge >= 0.3 is 5.97 Å². The highest BCUT2D eigenvalue weighted by molar-refractivity contribution is 5.97. The van der Waals surface area contributed by atoms with E-state index in [1.54, 1.807) is 18.2 Å². The maximum absolute atomic E-state index is 14.6. The Morgan fingerprint density at radius 1 is 0.909 bits per heavy atom. The first-order chi connectivity index (χ1) is 20.4. The number of allylic oxidation sites excluding steroid dienone is 2. The fourth-order valence-corrected chi connectivity index (χ4v) is 11.6. The number of hydrogen-bond donors (Lipinski definition) is 2. The summed E-state index contributed by atoms with van der Waals surface area (Å²) in [5, 5.41) is 13.4. The molecule has 0 radical (unpaired) electrons. The number of rotatable bonds is 3. The molecule has 6 rings (SSSR count). The van der Waals surface area contributed by atoms with Crippen LogP contribution in [0.3, 0.4) is 0 Å². The second kappa shape index (κ2) is 9.93. The Labute approximate surface area is 263 Å². The van der Waals surface area contributed by atoms with Gasteiger partial charge in [0.2, 0.25) is 5.91 Å². The molecule has 6 nitrogen and oxygen atoms in total. The van der Waals surface area contributed by atoms with Gasteiger partial charge < -0.3 is 15.2 Å². The van der Waals surface area contributed by atoms with Crippen LogP contribution in [0.2, 0.25) is 0 Å². The van der Waals surface area contributed by atoms with Crippen molar-refractivity contribution in [3.63, 3.8) is 0 Å². The standard InChI is InChI=1S/C38H53NO5/c1-23(40)44-30-14-15-36(6)29(33(30,2)3)13-16-38(8)31(36)28(42)21-24-25-22-35(5,18-17-34(25,4)19-20-37(24,38)7)32(43)39-26-11-9-10-12-27(26)41/h9-12,21,25,29-31,41H,13-20,22H2,1-8H3,(H,39,43)/t25-,29+,30+,31+,34+,35+,36+,37+,38+/m0/s1. The highest BCUT2D eigenvalue weighted by Gasteiger charge is 2.70. The van der Waals surface area contributed by atoms with Crippen molar-refractivity contribution in [1.82, 2.24) is 0 Å². The summed E-state index contributed by atoms with van der Waals surface area (Å²) in [7, 11) is 0. The number of carbonyl (C=O) groups is 3. The fraction of sp³-hybridized carbons (Fsp3) is 0.711. The average Bonchev–Trinajstić information content (AvgIpc) is 2.93. The number of anilines is 1. The first-order valence-corrected chi connectivity index (χ1v) is 16.9. The molecule has 1 aromatic rings. The van der Waals surface area contributed by atoms with Crippen LogP contribution in [0, 0.1) is 50.2 Å². The summed E-state index contributed by atoms with van der Waals surface area (Å²) < 4.78 is 5.86. The predicted molar refractivity (Wildman–Crippen MR) is 172 cm³/mol. The number of benzene rings is 1. The van der Waals surface area contributed by atoms with Gasteiger partial charge in [-0.3, -0.25) is 14.4 Å². The van der Waals surface area contributed by atoms with Crippen LogP contribution in [-0.4, -0.2) is 28.9 Å². The van der Waals surface area contributed by atoms with Crippen molar-refractivity contribution >= 4 is 23.3 Å². The van der Waals surface area contributed by atoms with Crippen molar-refractivity contribution in [1.29, 1.82) is 0 Å². The highest BCUT2D eigenvalue weighted by atomic mass is 16.5. The van der Waals surface area contributed by atoms with E-state index in [9.17, 15) is 19.5 Å². The smallest absolute Gasteiger partial charge is 0.302 e. The molecule has 6 heteroatoms. The van der Waals surface area contributed by atoms with Crippen LogP contribution in [-0.2, 0) is 19.1 Å². The van der Waals surface area contributed by atoms with Crippen LogP contribution in [0.25, 0.3) is 0 Å². The minimum absolute atomic E-state index is 0.0503. The molecule has 0 saturated heterocycles. The largest absolute Gasteiger partial charge is 0.506 e. The first-order valence-electron chi connectivity index (χ1n) is 16.9. The van der Waals surface area contributed by atoms with Gasteiger partial charge in [-0.1, -0.05) is 66.2 Å². The Morgan fingerprint density at radius 3 is 2.27 bits per heavy atom. The quantitative estimate of drug-likeness (QED) is 0.268. The Morgan fingerprint density at radius 2 is 1.59 bits per heavy atom. The molecule has 0 aromatic heterocycles. The molecule has 2 N–H and O–H groups in total. The molecule has 44 heavy (non-hydrogen) atoms. The summed E-state index contributed by atoms with van der Waals surface area (Å²) in [6.45, 7) is 17.7. The highest BCUT2D eigenvalue weighted by Crippen LogP contribution is 2.75. The number of ketones is 1. The van der Waals surface area contributed by atoms with Gasteiger partial charge in [-0.25, -0.2) is 0 Å². The van der Waals surface area contributed by atoms with Crippen molar-refractivity contribution < 1.29 is 24.2 Å². The van der Waals surface area contributed by atoms with Gasteiger partial charge in [0.05, 0.1) is 5.69 Å². The Bertz CT molecular complexity index is 1430. The number of phenolic OH excluding ortho intramolecular Hbond substituents is 1. The summed E-state index contributed by atoms with van der Waals surface area (Å²) in [5.41, 5.74) is 0.482. The summed E-state index contributed by atoms with van der Waals surface area (Å²) in [6, 6.07) is 6.90. The SMILES string of the molecule is CC(=O)O[C@@H]1CC[C@]2(C)[C@H](CC[C@]3(C)[C@@H]2C(=O)C=C2[C@@H]4C[C@](C)(C(=O)Nc5ccccc5O)CC[C@]4(C)CC[C@]23C)C1(C)C. The van der Waals surface area contributed by atoms with Gasteiger partial charge in [-0.05, 0) is 109 Å². The third kappa shape index (κ3) is 4.28. The lowest BCUT2D eigenvalue weighted by Gasteiger charge is -2.70. The van der Waals surface area contributed by atoms with Crippen LogP contribution >= 0.6 is 0 Å². The lowest BCUT2D eigenvalue weighted by atomic mass is 9.33. The monoisotopic (exact) mass is 603 g/mol. The van der Waals surface area contributed by atoms with E-state index in [0.29, 0.717) is 18.0 Å². The normalized spacial score (nSPS) is 44.2. The molecule has 240 valence electrons. The van der Waals surface area contributed by atoms with Crippen LogP contribution in [0.5, 0.6) is 5.75 Å². The van der Waals surface area contributed by atoms with E-state index in [4.69, 9.17) is 4.74 Å². The molecule has 1 aromatic carbocycles. The minimum Gasteiger partial charge on any atom is -0.506 e. The first kappa shape index (κ1) is 31.4. The van der Waals surface area contributed by atoms with E-state index in [2.05, 4.69) is 59.9 Å². The number of esters is 1. The van der Waals surface area contributed by atoms with Crippen molar-refractivity contribution in [2.45, 2.75) is 119 Å². The maximum atomic E-state index is 14.6. The van der Waals surface area contributed by atoms with Gasteiger partial charge in [-0.2, -0.15) is 0 Å². The van der Waals surface area contributed by atoms with E-state index >= 15 is 0 Å². The van der Waals surface area contributed by atoms with Crippen LogP contribution in [0.4, 0.5) is 5.69 Å². The molecular formula is C38H53NO5. The molecular weight excluding hydrogens is 550 g/mol. The number of nitrogens with one attached hydrogen (secondary N) is 1. The summed E-state index contributed by atoms with van der Waals surface area (Å²) in [6.07, 6.45) is 10.2. The summed E-state index contributed by atoms with van der Waals surface area (Å²) >= 11 is 0. The number of amides is 1. The van der Waals surface area contributed by atoms with E-state index in [1.165, 1.54) is 12.5 Å². The minimum atomic E-state index is -0.602. The zero-order valence-electron chi connectivity index (χ0n) is 28.1. The number of para-hydroxylation sites is 2. The summed E-state index contributed by atoms with van der Waals surface area (Å²) in [4.78, 5) is 40.5. The van der Waals surface area contributed by atoms with E-state index < -0.39 is 5.41 Å². The third-order valence-electron chi connectivity index (χ3n) is 14.5. The molecule has 0 spiro atoms. The van der Waals surface area contributed by atoms with E-state index in [0.717, 1.165) is 51.4 Å². The molecule has 1 amide bonds. The molecule has 0 unspecified atom stereocenters. The van der Waals surface area contributed by atoms with E-state index in [1.807, 2.05) is 6.07 Å². The number of ether oxygens (including phenoxy) is 1. The summed E-state index contributed by atoms with van der Waals surface area (Å²) in [5.74, 6) is 0.425. The lowest BCUT2D eigenvalue weighted by Crippen LogP contribution is -2.66. The van der Waals surface area contributed by atoms with Gasteiger partial charge in [0, 0.05) is 23.7 Å². The molecule has 4 saturated carbocycles. The van der Waals surface area contributed by atoms with Crippen molar-refractivity contribution in [3.05, 3.63) is 35.9 Å². The van der Waals surface area contributed by atoms with Crippen LogP contribution in [0.15, 0.2) is 35.9 Å². The van der Waals surface area contributed by atoms with Crippen molar-refractivity contribution in [2.75, 3.05) is 5.32 Å². The topological polar surface area (TPSA) is 92.7 Å². The second-order valence-electron chi connectivity index (χ2n) is 17.2. The average molecular weight is 604 g/mol. The second-order valence-corrected chi connectivity index (χ2v) is 17.2. The Kier molecular flexibility index (Phi) is 7.08. The van der Waals surface area contributed by atoms with Gasteiger partial charge in [0.25, 0.3) is 0 Å². The van der Waals surface area contributed by atoms with Crippen molar-refractivity contribution in [2.24, 2.45) is 50.2 Å². The Balaban J connectivity index is 1.35. The lowest BCUT2D eigenvalue weighted by molar-refractivity contribution is -0.210. The predicted octanol–water partition coefficient (Wildman–Crippen LogP) is 8.24. The number of phenols is 1. The van der Waals surface area contributed by atoms with E-state index in [-0.39, 0.29) is 68.4 Å². The molecule has 0 heterocycles. The number of fused-ring (bicyclic) bond motifs is 7. The Hall–Kier alpha value is -2.63. The number of aromatic hydroxyl groups is 1. The van der Waals surface area contributed by atoms with Crippen LogP contribution < -0.4 is 5.32 Å². The zero-order chi connectivity index (χ0) is 32.1. The maximum Gasteiger partial charge on any atom is 0.302 e. The van der Waals surface area contributed by atoms with Gasteiger partial charge in [0.15, 0.2) is 5.78 Å². The molecule has 5 aliphatic carbocycles. The van der Waals surface area contributed by atoms with Gasteiger partial charge in [-0.15, -0.1) is 0 Å². The van der Waals surface area contributed by atoms with Crippen LogP contribution in [0.1, 0.15) is 113 Å². The molecule has 4 fully saturated rings. The number of carbonyl (C=O) groups excluding carboxylic acids is 3. The molecule has 9 atom stereocenters.